The molecule has 1 saturated heterocycles. The van der Waals surface area contributed by atoms with Gasteiger partial charge in [-0.05, 0) is 37.9 Å². The molecular weight excluding hydrogens is 230 g/mol. The van der Waals surface area contributed by atoms with Gasteiger partial charge in [-0.2, -0.15) is 0 Å². The van der Waals surface area contributed by atoms with Gasteiger partial charge in [0.25, 0.3) is 0 Å². The third-order valence-corrected chi connectivity index (χ3v) is 4.70. The van der Waals surface area contributed by atoms with Crippen LogP contribution in [-0.2, 0) is 11.2 Å². The Labute approximate surface area is 108 Å². The molecule has 17 heavy (non-hydrogen) atoms. The zero-order chi connectivity index (χ0) is 12.1. The van der Waals surface area contributed by atoms with Crippen LogP contribution in [0, 0.1) is 5.92 Å². The van der Waals surface area contributed by atoms with Crippen LogP contribution < -0.4 is 5.32 Å². The Morgan fingerprint density at radius 1 is 1.47 bits per heavy atom. The molecule has 0 amide bonds. The van der Waals surface area contributed by atoms with Crippen molar-refractivity contribution in [1.82, 2.24) is 5.32 Å². The molecule has 2 nitrogen and oxygen atoms in total. The van der Waals surface area contributed by atoms with Gasteiger partial charge in [0, 0.05) is 28.3 Å². The summed E-state index contributed by atoms with van der Waals surface area (Å²) in [5.74, 6) is 0.657. The summed E-state index contributed by atoms with van der Waals surface area (Å²) in [7, 11) is 0. The first kappa shape index (κ1) is 13.1. The lowest BCUT2D eigenvalue weighted by Crippen LogP contribution is -2.28. The van der Waals surface area contributed by atoms with Gasteiger partial charge in [0.05, 0.1) is 6.61 Å². The predicted octanol–water partition coefficient (Wildman–Crippen LogP) is 3.39. The van der Waals surface area contributed by atoms with Crippen LogP contribution in [0.1, 0.15) is 42.5 Å². The van der Waals surface area contributed by atoms with Crippen molar-refractivity contribution >= 4 is 11.3 Å². The van der Waals surface area contributed by atoms with Crippen LogP contribution in [0.5, 0.6) is 0 Å². The van der Waals surface area contributed by atoms with Crippen molar-refractivity contribution in [3.63, 3.8) is 0 Å². The molecule has 1 N–H and O–H groups in total. The van der Waals surface area contributed by atoms with Crippen LogP contribution in [0.25, 0.3) is 0 Å². The zero-order valence-electron chi connectivity index (χ0n) is 10.9. The van der Waals surface area contributed by atoms with Crippen molar-refractivity contribution in [2.24, 2.45) is 5.92 Å². The van der Waals surface area contributed by atoms with Gasteiger partial charge < -0.3 is 10.1 Å². The Hall–Kier alpha value is -0.380. The van der Waals surface area contributed by atoms with Gasteiger partial charge >= 0.3 is 0 Å². The van der Waals surface area contributed by atoms with Crippen LogP contribution in [-0.4, -0.2) is 19.8 Å². The van der Waals surface area contributed by atoms with E-state index in [4.69, 9.17) is 4.74 Å². The third kappa shape index (κ3) is 3.30. The molecule has 0 saturated carbocycles. The van der Waals surface area contributed by atoms with Crippen molar-refractivity contribution in [1.29, 1.82) is 0 Å². The number of rotatable bonds is 6. The van der Waals surface area contributed by atoms with Crippen molar-refractivity contribution in [2.45, 2.75) is 39.2 Å². The molecule has 0 aromatic carbocycles. The van der Waals surface area contributed by atoms with E-state index in [1.807, 2.05) is 11.3 Å². The van der Waals surface area contributed by atoms with E-state index in [1.165, 1.54) is 22.6 Å². The summed E-state index contributed by atoms with van der Waals surface area (Å²) in [5, 5.41) is 3.70. The molecule has 2 rings (SSSR count). The molecule has 3 heteroatoms. The van der Waals surface area contributed by atoms with Gasteiger partial charge in [-0.25, -0.2) is 0 Å². The number of hydrogen-bond donors (Lipinski definition) is 1. The molecule has 0 radical (unpaired) electrons. The molecule has 1 aliphatic rings. The van der Waals surface area contributed by atoms with Gasteiger partial charge in [0.2, 0.25) is 0 Å². The summed E-state index contributed by atoms with van der Waals surface area (Å²) in [6.45, 7) is 7.39. The van der Waals surface area contributed by atoms with Gasteiger partial charge in [-0.3, -0.25) is 0 Å². The average molecular weight is 253 g/mol. The molecule has 2 atom stereocenters. The highest BCUT2D eigenvalue weighted by molar-refractivity contribution is 7.12. The van der Waals surface area contributed by atoms with Gasteiger partial charge in [-0.15, -0.1) is 11.3 Å². The highest BCUT2D eigenvalue weighted by Gasteiger charge is 2.27. The maximum atomic E-state index is 5.54. The lowest BCUT2D eigenvalue weighted by Gasteiger charge is -2.22. The smallest absolute Gasteiger partial charge is 0.0513 e. The molecular formula is C14H23NOS. The lowest BCUT2D eigenvalue weighted by atomic mass is 9.97. The summed E-state index contributed by atoms with van der Waals surface area (Å²) in [5.41, 5.74) is 0. The SMILES string of the molecule is CCCNC(c1ccc(CC)s1)C1CCOC1. The quantitative estimate of drug-likeness (QED) is 0.839. The standard InChI is InChI=1S/C14H23NOS/c1-3-8-15-14(11-7-9-16-10-11)13-6-5-12(4-2)17-13/h5-6,11,14-15H,3-4,7-10H2,1-2H3. The van der Waals surface area contributed by atoms with Crippen LogP contribution >= 0.6 is 11.3 Å². The molecule has 1 aromatic heterocycles. The Bertz CT molecular complexity index is 331. The minimum absolute atomic E-state index is 0.503. The van der Waals surface area contributed by atoms with E-state index >= 15 is 0 Å². The molecule has 1 aromatic rings. The van der Waals surface area contributed by atoms with E-state index < -0.39 is 0 Å². The van der Waals surface area contributed by atoms with E-state index in [2.05, 4.69) is 31.3 Å². The molecule has 2 unspecified atom stereocenters. The topological polar surface area (TPSA) is 21.3 Å². The number of aryl methyl sites for hydroxylation is 1. The largest absolute Gasteiger partial charge is 0.381 e. The Balaban J connectivity index is 2.07. The molecule has 1 fully saturated rings. The lowest BCUT2D eigenvalue weighted by molar-refractivity contribution is 0.177. The van der Waals surface area contributed by atoms with Crippen LogP contribution in [0.2, 0.25) is 0 Å². The number of ether oxygens (including phenoxy) is 1. The first-order valence-electron chi connectivity index (χ1n) is 6.74. The summed E-state index contributed by atoms with van der Waals surface area (Å²) in [6.07, 6.45) is 3.53. The maximum absolute atomic E-state index is 5.54. The Morgan fingerprint density at radius 2 is 2.35 bits per heavy atom. The van der Waals surface area contributed by atoms with E-state index in [9.17, 15) is 0 Å². The minimum atomic E-state index is 0.503. The van der Waals surface area contributed by atoms with Crippen LogP contribution in [0.4, 0.5) is 0 Å². The predicted molar refractivity (Wildman–Crippen MR) is 73.7 cm³/mol. The summed E-state index contributed by atoms with van der Waals surface area (Å²) >= 11 is 1.96. The second-order valence-corrected chi connectivity index (χ2v) is 5.91. The molecule has 1 aliphatic heterocycles. The first-order chi connectivity index (χ1) is 8.35. The molecule has 0 bridgehead atoms. The van der Waals surface area contributed by atoms with Crippen molar-refractivity contribution in [3.05, 3.63) is 21.9 Å². The minimum Gasteiger partial charge on any atom is -0.381 e. The van der Waals surface area contributed by atoms with Crippen LogP contribution in [0.15, 0.2) is 12.1 Å². The second kappa shape index (κ2) is 6.53. The fraction of sp³-hybridized carbons (Fsp3) is 0.714. The summed E-state index contributed by atoms with van der Waals surface area (Å²) < 4.78 is 5.54. The van der Waals surface area contributed by atoms with Gasteiger partial charge in [-0.1, -0.05) is 13.8 Å². The molecule has 2 heterocycles. The zero-order valence-corrected chi connectivity index (χ0v) is 11.7. The van der Waals surface area contributed by atoms with E-state index in [0.29, 0.717) is 12.0 Å². The molecule has 0 spiro atoms. The summed E-state index contributed by atoms with van der Waals surface area (Å²) in [6, 6.07) is 5.08. The van der Waals surface area contributed by atoms with Crippen molar-refractivity contribution < 1.29 is 4.74 Å². The fourth-order valence-corrected chi connectivity index (χ4v) is 3.49. The highest BCUT2D eigenvalue weighted by atomic mass is 32.1. The Kier molecular flexibility index (Phi) is 5.01. The first-order valence-corrected chi connectivity index (χ1v) is 7.56. The molecule has 0 aliphatic carbocycles. The maximum Gasteiger partial charge on any atom is 0.0513 e. The number of hydrogen-bond acceptors (Lipinski definition) is 3. The van der Waals surface area contributed by atoms with Gasteiger partial charge in [0.15, 0.2) is 0 Å². The van der Waals surface area contributed by atoms with E-state index in [-0.39, 0.29) is 0 Å². The normalized spacial score (nSPS) is 21.9. The monoisotopic (exact) mass is 253 g/mol. The Morgan fingerprint density at radius 3 is 2.94 bits per heavy atom. The molecule has 96 valence electrons. The number of nitrogens with one attached hydrogen (secondary N) is 1. The third-order valence-electron chi connectivity index (χ3n) is 3.39. The van der Waals surface area contributed by atoms with Crippen molar-refractivity contribution in [3.8, 4) is 0 Å². The van der Waals surface area contributed by atoms with Crippen LogP contribution in [0.3, 0.4) is 0 Å². The number of thiophene rings is 1. The van der Waals surface area contributed by atoms with Crippen molar-refractivity contribution in [2.75, 3.05) is 19.8 Å². The highest BCUT2D eigenvalue weighted by Crippen LogP contribution is 2.33. The van der Waals surface area contributed by atoms with E-state index in [1.54, 1.807) is 0 Å². The van der Waals surface area contributed by atoms with E-state index in [0.717, 1.165) is 26.2 Å². The van der Waals surface area contributed by atoms with Gasteiger partial charge in [0.1, 0.15) is 0 Å². The average Bonchev–Trinajstić information content (AvgIpc) is 3.00. The summed E-state index contributed by atoms with van der Waals surface area (Å²) in [4.78, 5) is 2.98. The second-order valence-electron chi connectivity index (χ2n) is 4.71. The fourth-order valence-electron chi connectivity index (χ4n) is 2.37.